The number of benzene rings is 2. The van der Waals surface area contributed by atoms with Crippen LogP contribution in [0.4, 0.5) is 5.69 Å². The van der Waals surface area contributed by atoms with Crippen molar-refractivity contribution in [3.63, 3.8) is 0 Å². The Morgan fingerprint density at radius 2 is 1.93 bits per heavy atom. The number of anilines is 1. The van der Waals surface area contributed by atoms with Crippen molar-refractivity contribution >= 4 is 40.9 Å². The summed E-state index contributed by atoms with van der Waals surface area (Å²) in [5, 5.41) is 7.17. The van der Waals surface area contributed by atoms with Crippen molar-refractivity contribution in [1.82, 2.24) is 10.3 Å². The van der Waals surface area contributed by atoms with Crippen molar-refractivity contribution in [1.29, 1.82) is 0 Å². The fourth-order valence-corrected chi connectivity index (χ4v) is 3.79. The molecule has 2 atom stereocenters. The summed E-state index contributed by atoms with van der Waals surface area (Å²) in [6, 6.07) is 17.1. The minimum atomic E-state index is -0.384. The number of fused-ring (bicyclic) bond motifs is 1. The summed E-state index contributed by atoms with van der Waals surface area (Å²) in [7, 11) is 0. The van der Waals surface area contributed by atoms with Gasteiger partial charge in [0.05, 0.1) is 12.6 Å². The summed E-state index contributed by atoms with van der Waals surface area (Å²) in [5.74, 6) is -0.274. The zero-order chi connectivity index (χ0) is 19.5. The van der Waals surface area contributed by atoms with Gasteiger partial charge in [-0.3, -0.25) is 4.79 Å². The first-order chi connectivity index (χ1) is 13.7. The number of halogens is 1. The van der Waals surface area contributed by atoms with Gasteiger partial charge in [0, 0.05) is 22.5 Å². The van der Waals surface area contributed by atoms with Crippen LogP contribution in [0, 0.1) is 0 Å². The lowest BCUT2D eigenvalue weighted by atomic mass is 9.91. The number of nitrogens with one attached hydrogen (secondary N) is 3. The van der Waals surface area contributed by atoms with Gasteiger partial charge in [-0.2, -0.15) is 0 Å². The number of H-pyrrole nitrogens is 1. The van der Waals surface area contributed by atoms with E-state index in [1.165, 1.54) is 5.56 Å². The molecule has 1 amide bonds. The zero-order valence-corrected chi connectivity index (χ0v) is 16.9. The van der Waals surface area contributed by atoms with Crippen LogP contribution >= 0.6 is 12.4 Å². The number of amides is 1. The number of carbonyl (C=O) groups is 2. The third kappa shape index (κ3) is 4.44. The zero-order valence-electron chi connectivity index (χ0n) is 16.1. The third-order valence-corrected chi connectivity index (χ3v) is 5.12. The van der Waals surface area contributed by atoms with Crippen LogP contribution in [-0.2, 0) is 9.53 Å². The van der Waals surface area contributed by atoms with Crippen LogP contribution in [0.2, 0.25) is 0 Å². The Morgan fingerprint density at radius 3 is 2.69 bits per heavy atom. The maximum atomic E-state index is 12.9. The monoisotopic (exact) mass is 413 g/mol. The largest absolute Gasteiger partial charge is 0.461 e. The number of rotatable bonds is 5. The summed E-state index contributed by atoms with van der Waals surface area (Å²) in [5.41, 5.74) is 3.10. The first-order valence-corrected chi connectivity index (χ1v) is 9.55. The summed E-state index contributed by atoms with van der Waals surface area (Å²) in [6.45, 7) is 2.91. The second-order valence-electron chi connectivity index (χ2n) is 6.93. The Bertz CT molecular complexity index is 1000. The second kappa shape index (κ2) is 9.11. The van der Waals surface area contributed by atoms with Gasteiger partial charge in [-0.25, -0.2) is 4.79 Å². The lowest BCUT2D eigenvalue weighted by Gasteiger charge is -2.19. The fourth-order valence-electron chi connectivity index (χ4n) is 3.79. The molecule has 152 valence electrons. The highest BCUT2D eigenvalue weighted by molar-refractivity contribution is 5.99. The van der Waals surface area contributed by atoms with E-state index in [1.807, 2.05) is 36.4 Å². The maximum absolute atomic E-state index is 12.9. The number of hydrogen-bond acceptors (Lipinski definition) is 4. The van der Waals surface area contributed by atoms with Crippen LogP contribution in [0.5, 0.6) is 0 Å². The van der Waals surface area contributed by atoms with Gasteiger partial charge < -0.3 is 20.4 Å². The molecular formula is C22H24ClN3O3. The van der Waals surface area contributed by atoms with Crippen LogP contribution in [-0.4, -0.2) is 36.1 Å². The van der Waals surface area contributed by atoms with E-state index in [4.69, 9.17) is 4.74 Å². The van der Waals surface area contributed by atoms with Gasteiger partial charge in [0.1, 0.15) is 5.69 Å². The van der Waals surface area contributed by atoms with Gasteiger partial charge in [-0.1, -0.05) is 30.3 Å². The van der Waals surface area contributed by atoms with Crippen molar-refractivity contribution in [2.75, 3.05) is 18.5 Å². The fraction of sp³-hybridized carbons (Fsp3) is 0.273. The molecule has 1 aliphatic rings. The number of aromatic nitrogens is 1. The number of esters is 1. The first-order valence-electron chi connectivity index (χ1n) is 9.55. The molecule has 1 saturated heterocycles. The summed E-state index contributed by atoms with van der Waals surface area (Å²) in [6.07, 6.45) is 0.932. The summed E-state index contributed by atoms with van der Waals surface area (Å²) >= 11 is 0. The molecule has 0 bridgehead atoms. The van der Waals surface area contributed by atoms with E-state index < -0.39 is 0 Å². The normalized spacial score (nSPS) is 18.2. The van der Waals surface area contributed by atoms with Gasteiger partial charge in [-0.05, 0) is 49.7 Å². The van der Waals surface area contributed by atoms with E-state index in [0.29, 0.717) is 18.0 Å². The van der Waals surface area contributed by atoms with E-state index in [1.54, 1.807) is 13.0 Å². The Kier molecular flexibility index (Phi) is 6.56. The van der Waals surface area contributed by atoms with Gasteiger partial charge in [0.15, 0.2) is 0 Å². The number of carbonyl (C=O) groups excluding carboxylic acids is 2. The Labute approximate surface area is 175 Å². The van der Waals surface area contributed by atoms with Gasteiger partial charge in [0.25, 0.3) is 0 Å². The van der Waals surface area contributed by atoms with E-state index in [0.717, 1.165) is 23.9 Å². The molecule has 2 heterocycles. The van der Waals surface area contributed by atoms with Crippen molar-refractivity contribution < 1.29 is 14.3 Å². The Hall–Kier alpha value is -2.83. The summed E-state index contributed by atoms with van der Waals surface area (Å²) in [4.78, 5) is 27.8. The van der Waals surface area contributed by atoms with E-state index in [2.05, 4.69) is 27.8 Å². The highest BCUT2D eigenvalue weighted by Crippen LogP contribution is 2.29. The predicted octanol–water partition coefficient (Wildman–Crippen LogP) is 3.85. The molecule has 0 aliphatic carbocycles. The van der Waals surface area contributed by atoms with E-state index in [-0.39, 0.29) is 36.2 Å². The molecule has 3 aromatic rings. The van der Waals surface area contributed by atoms with Crippen LogP contribution < -0.4 is 10.6 Å². The Morgan fingerprint density at radius 1 is 1.14 bits per heavy atom. The standard InChI is InChI=1S/C22H23N3O3.ClH/c1-2-28-22(27)19-13-15-12-16(8-9-18(15)25-19)24-21(26)20-17(10-11-23-20)14-6-4-3-5-7-14;/h3-9,12-13,17,20,23,25H,2,10-11H2,1H3,(H,24,26);1H/t17-,20-;/m1./s1. The molecule has 3 N–H and O–H groups in total. The molecular weight excluding hydrogens is 390 g/mol. The minimum absolute atomic E-state index is 0. The average Bonchev–Trinajstić information content (AvgIpc) is 3.36. The van der Waals surface area contributed by atoms with Crippen molar-refractivity contribution in [2.24, 2.45) is 0 Å². The maximum Gasteiger partial charge on any atom is 0.354 e. The van der Waals surface area contributed by atoms with Gasteiger partial charge in [0.2, 0.25) is 5.91 Å². The van der Waals surface area contributed by atoms with E-state index >= 15 is 0 Å². The number of hydrogen-bond donors (Lipinski definition) is 3. The molecule has 1 aromatic heterocycles. The smallest absolute Gasteiger partial charge is 0.354 e. The lowest BCUT2D eigenvalue weighted by molar-refractivity contribution is -0.118. The SMILES string of the molecule is CCOC(=O)c1cc2cc(NC(=O)[C@@H]3NCC[C@@H]3c3ccccc3)ccc2[nH]1.Cl. The Balaban J connectivity index is 0.00000240. The van der Waals surface area contributed by atoms with Crippen LogP contribution in [0.1, 0.15) is 35.3 Å². The molecule has 7 heteroatoms. The van der Waals surface area contributed by atoms with Crippen LogP contribution in [0.25, 0.3) is 10.9 Å². The topological polar surface area (TPSA) is 83.2 Å². The molecule has 0 radical (unpaired) electrons. The quantitative estimate of drug-likeness (QED) is 0.555. The number of aromatic amines is 1. The van der Waals surface area contributed by atoms with Crippen molar-refractivity contribution in [3.05, 3.63) is 65.9 Å². The highest BCUT2D eigenvalue weighted by atomic mass is 35.5. The predicted molar refractivity (Wildman–Crippen MR) is 116 cm³/mol. The van der Waals surface area contributed by atoms with Crippen LogP contribution in [0.3, 0.4) is 0 Å². The molecule has 4 rings (SSSR count). The molecule has 0 unspecified atom stereocenters. The van der Waals surface area contributed by atoms with Gasteiger partial charge in [-0.15, -0.1) is 12.4 Å². The van der Waals surface area contributed by atoms with E-state index in [9.17, 15) is 9.59 Å². The molecule has 29 heavy (non-hydrogen) atoms. The molecule has 6 nitrogen and oxygen atoms in total. The average molecular weight is 414 g/mol. The third-order valence-electron chi connectivity index (χ3n) is 5.12. The molecule has 0 spiro atoms. The highest BCUT2D eigenvalue weighted by Gasteiger charge is 2.33. The van der Waals surface area contributed by atoms with Crippen molar-refractivity contribution in [3.8, 4) is 0 Å². The summed E-state index contributed by atoms with van der Waals surface area (Å²) < 4.78 is 5.03. The first kappa shape index (κ1) is 20.9. The van der Waals surface area contributed by atoms with Crippen molar-refractivity contribution in [2.45, 2.75) is 25.3 Å². The molecule has 0 saturated carbocycles. The lowest BCUT2D eigenvalue weighted by Crippen LogP contribution is -2.39. The van der Waals surface area contributed by atoms with Gasteiger partial charge >= 0.3 is 5.97 Å². The molecule has 1 aliphatic heterocycles. The molecule has 1 fully saturated rings. The second-order valence-corrected chi connectivity index (χ2v) is 6.93. The van der Waals surface area contributed by atoms with Crippen LogP contribution in [0.15, 0.2) is 54.6 Å². The molecule has 2 aromatic carbocycles. The minimum Gasteiger partial charge on any atom is -0.461 e. The number of ether oxygens (including phenoxy) is 1.